The number of aliphatic hydroxyl groups excluding tert-OH is 4. The molecule has 24 N–H and O–H groups in total. The highest BCUT2D eigenvalue weighted by atomic mass is 16.4. The van der Waals surface area contributed by atoms with Gasteiger partial charge >= 0.3 is 11.9 Å². The molecule has 0 bridgehead atoms. The fourth-order valence-corrected chi connectivity index (χ4v) is 6.87. The van der Waals surface area contributed by atoms with Gasteiger partial charge in [0.15, 0.2) is 11.9 Å². The summed E-state index contributed by atoms with van der Waals surface area (Å²) < 4.78 is 0. The predicted molar refractivity (Wildman–Crippen MR) is 257 cm³/mol. The minimum Gasteiger partial charge on any atom is -0.481 e. The number of likely N-dealkylation sites (tertiary alicyclic amines) is 1. The van der Waals surface area contributed by atoms with Crippen LogP contribution in [-0.2, 0) is 52.7 Å². The first-order valence-electron chi connectivity index (χ1n) is 23.2. The molecule has 1 saturated heterocycles. The van der Waals surface area contributed by atoms with Crippen LogP contribution in [0.4, 0.5) is 0 Å². The molecule has 418 valence electrons. The van der Waals surface area contributed by atoms with Crippen molar-refractivity contribution in [2.45, 2.75) is 139 Å². The molecule has 33 heteroatoms. The molecule has 0 radical (unpaired) electrons. The average molecular weight is 1060 g/mol. The van der Waals surface area contributed by atoms with Crippen LogP contribution >= 0.6 is 0 Å². The molecule has 1 rings (SSSR count). The number of nitrogens with one attached hydrogen (secondary N) is 8. The standard InChI is InChI=1S/C41H72N16O17/c1-18(50-36(71)26-9-6-14-57(26)39(74)23(8-5-13-48-41(45)46)53-37(72)29(42)19(2)60)31(66)54-25(17-59)35(70)56-30(20(3)61)38(73)52-21(7-4-12-47-40(43)44)33(68)51-22(10-11-27(62)63)34(69)55-24(16-58)32(67)49-15-28(64)65/h18-26,29-30,58-61H,4-17,42H2,1-3H3,(H,49,67)(H,50,71)(H,51,68)(H,52,73)(H,53,72)(H,54,66)(H,55,69)(H,56,70)(H,62,63)(H,64,65)(H4,43,44,47)(H4,45,46,48)/t18-,19+,20+,21-,22-,23-,24-,25-,26-,29-,30-/m0/s1. The largest absolute Gasteiger partial charge is 0.481 e. The molecular weight excluding hydrogens is 989 g/mol. The molecular formula is C41H72N16O17. The molecule has 0 unspecified atom stereocenters. The van der Waals surface area contributed by atoms with Gasteiger partial charge in [-0.1, -0.05) is 0 Å². The third-order valence-electron chi connectivity index (χ3n) is 10.9. The minimum absolute atomic E-state index is 0.00418. The summed E-state index contributed by atoms with van der Waals surface area (Å²) in [5.74, 6) is -12.8. The first kappa shape index (κ1) is 64.5. The molecule has 9 amide bonds. The van der Waals surface area contributed by atoms with E-state index in [1.54, 1.807) is 0 Å². The third kappa shape index (κ3) is 22.9. The molecule has 1 aliphatic rings. The van der Waals surface area contributed by atoms with Crippen LogP contribution in [0.15, 0.2) is 9.98 Å². The second-order valence-corrected chi connectivity index (χ2v) is 17.0. The summed E-state index contributed by atoms with van der Waals surface area (Å²) in [5.41, 5.74) is 27.3. The summed E-state index contributed by atoms with van der Waals surface area (Å²) in [6.45, 7) is 0.576. The highest BCUT2D eigenvalue weighted by molar-refractivity contribution is 5.98. The van der Waals surface area contributed by atoms with Crippen molar-refractivity contribution < 1.29 is 83.4 Å². The number of carboxylic acids is 2. The van der Waals surface area contributed by atoms with E-state index in [2.05, 4.69) is 47.2 Å². The SMILES string of the molecule is C[C@H](NC(=O)[C@@H]1CCCN1C(=O)[C@H](CCCN=C(N)N)NC(=O)[C@@H](N)[C@@H](C)O)C(=O)N[C@@H](CO)C(=O)N[C@H](C(=O)N[C@@H](CCCN=C(N)N)C(=O)N[C@@H](CCC(=O)O)C(=O)N[C@@H](CO)C(=O)NCC(=O)O)[C@@H](C)O. The van der Waals surface area contributed by atoms with Gasteiger partial charge in [0.25, 0.3) is 0 Å². The van der Waals surface area contributed by atoms with Crippen LogP contribution in [0.25, 0.3) is 0 Å². The molecule has 11 atom stereocenters. The van der Waals surface area contributed by atoms with Crippen LogP contribution in [0.3, 0.4) is 0 Å². The Morgan fingerprint density at radius 1 is 0.581 bits per heavy atom. The number of hydrogen-bond donors (Lipinski definition) is 19. The van der Waals surface area contributed by atoms with Crippen molar-refractivity contribution in [3.63, 3.8) is 0 Å². The van der Waals surface area contributed by atoms with Gasteiger partial charge < -0.3 is 107 Å². The molecule has 74 heavy (non-hydrogen) atoms. The van der Waals surface area contributed by atoms with Crippen molar-refractivity contribution in [1.82, 2.24) is 47.4 Å². The smallest absolute Gasteiger partial charge is 0.322 e. The Morgan fingerprint density at radius 2 is 1.05 bits per heavy atom. The number of aliphatic carboxylic acids is 2. The highest BCUT2D eigenvalue weighted by Crippen LogP contribution is 2.20. The van der Waals surface area contributed by atoms with Crippen LogP contribution in [0.5, 0.6) is 0 Å². The van der Waals surface area contributed by atoms with Gasteiger partial charge in [0.05, 0.1) is 25.4 Å². The summed E-state index contributed by atoms with van der Waals surface area (Å²) >= 11 is 0. The molecule has 0 aromatic rings. The van der Waals surface area contributed by atoms with Crippen molar-refractivity contribution >= 4 is 77.0 Å². The Hall–Kier alpha value is -7.49. The predicted octanol–water partition coefficient (Wildman–Crippen LogP) is -10.4. The summed E-state index contributed by atoms with van der Waals surface area (Å²) in [6.07, 6.45) is -3.99. The zero-order valence-corrected chi connectivity index (χ0v) is 41.2. The molecule has 1 fully saturated rings. The number of aliphatic imine (C=N–C) groups is 2. The molecule has 0 aromatic carbocycles. The van der Waals surface area contributed by atoms with Crippen molar-refractivity contribution in [2.75, 3.05) is 39.4 Å². The van der Waals surface area contributed by atoms with E-state index < -0.39 is 164 Å². The molecule has 1 aliphatic heterocycles. The second-order valence-electron chi connectivity index (χ2n) is 17.0. The quantitative estimate of drug-likeness (QED) is 0.0165. The Bertz CT molecular complexity index is 2030. The lowest BCUT2D eigenvalue weighted by Crippen LogP contribution is -2.62. The van der Waals surface area contributed by atoms with Crippen molar-refractivity contribution in [3.8, 4) is 0 Å². The number of hydrogen-bond acceptors (Lipinski definition) is 18. The van der Waals surface area contributed by atoms with Crippen LogP contribution in [0.1, 0.15) is 72.1 Å². The summed E-state index contributed by atoms with van der Waals surface area (Å²) in [6, 6.07) is -14.1. The molecule has 0 spiro atoms. The van der Waals surface area contributed by atoms with Crippen LogP contribution in [0, 0.1) is 0 Å². The first-order valence-corrected chi connectivity index (χ1v) is 23.2. The number of nitrogens with zero attached hydrogens (tertiary/aromatic N) is 3. The van der Waals surface area contributed by atoms with Gasteiger partial charge in [-0.05, 0) is 65.7 Å². The lowest BCUT2D eigenvalue weighted by molar-refractivity contribution is -0.142. The monoisotopic (exact) mass is 1060 g/mol. The number of carbonyl (C=O) groups is 11. The average Bonchev–Trinajstić information content (AvgIpc) is 3.83. The molecule has 0 aliphatic carbocycles. The number of carboxylic acid groups (broad SMARTS) is 2. The number of aliphatic hydroxyl groups is 4. The van der Waals surface area contributed by atoms with Crippen molar-refractivity contribution in [2.24, 2.45) is 38.7 Å². The highest BCUT2D eigenvalue weighted by Gasteiger charge is 2.40. The Kier molecular flexibility index (Phi) is 28.4. The topological polar surface area (TPSA) is 563 Å². The Morgan fingerprint density at radius 3 is 1.55 bits per heavy atom. The maximum absolute atomic E-state index is 13.8. The Labute approximate surface area is 424 Å². The van der Waals surface area contributed by atoms with E-state index in [0.717, 1.165) is 6.92 Å². The third-order valence-corrected chi connectivity index (χ3v) is 10.9. The lowest BCUT2D eigenvalue weighted by Gasteiger charge is -2.30. The van der Waals surface area contributed by atoms with Gasteiger partial charge in [-0.2, -0.15) is 0 Å². The zero-order valence-electron chi connectivity index (χ0n) is 41.2. The first-order chi connectivity index (χ1) is 34.6. The molecule has 33 nitrogen and oxygen atoms in total. The van der Waals surface area contributed by atoms with E-state index in [1.165, 1.54) is 18.7 Å². The van der Waals surface area contributed by atoms with Gasteiger partial charge in [0.1, 0.15) is 60.9 Å². The van der Waals surface area contributed by atoms with Crippen LogP contribution in [0.2, 0.25) is 0 Å². The van der Waals surface area contributed by atoms with Gasteiger partial charge in [-0.25, -0.2) is 0 Å². The molecule has 0 saturated carbocycles. The van der Waals surface area contributed by atoms with Crippen molar-refractivity contribution in [3.05, 3.63) is 0 Å². The van der Waals surface area contributed by atoms with Gasteiger partial charge in [0, 0.05) is 26.1 Å². The Balaban J connectivity index is 3.24. The summed E-state index contributed by atoms with van der Waals surface area (Å²) in [5, 5.41) is 76.2. The van der Waals surface area contributed by atoms with Gasteiger partial charge in [-0.15, -0.1) is 0 Å². The van der Waals surface area contributed by atoms with Crippen LogP contribution < -0.4 is 71.2 Å². The summed E-state index contributed by atoms with van der Waals surface area (Å²) in [7, 11) is 0. The summed E-state index contributed by atoms with van der Waals surface area (Å²) in [4.78, 5) is 151. The van der Waals surface area contributed by atoms with Crippen LogP contribution in [-0.4, -0.2) is 219 Å². The van der Waals surface area contributed by atoms with E-state index in [-0.39, 0.29) is 63.7 Å². The number of guanidine groups is 2. The maximum Gasteiger partial charge on any atom is 0.322 e. The van der Waals surface area contributed by atoms with E-state index in [9.17, 15) is 78.3 Å². The molecule has 0 aromatic heterocycles. The van der Waals surface area contributed by atoms with Crippen molar-refractivity contribution in [1.29, 1.82) is 0 Å². The zero-order chi connectivity index (χ0) is 56.4. The molecule has 1 heterocycles. The van der Waals surface area contributed by atoms with E-state index in [0.29, 0.717) is 6.42 Å². The number of nitrogens with two attached hydrogens (primary N) is 5. The number of rotatable bonds is 33. The second kappa shape index (κ2) is 32.6. The number of carbonyl (C=O) groups excluding carboxylic acids is 9. The van der Waals surface area contributed by atoms with Gasteiger partial charge in [0.2, 0.25) is 53.2 Å². The van der Waals surface area contributed by atoms with E-state index in [4.69, 9.17) is 33.8 Å². The maximum atomic E-state index is 13.8. The lowest BCUT2D eigenvalue weighted by atomic mass is 10.1. The van der Waals surface area contributed by atoms with E-state index in [1.807, 2.05) is 5.32 Å². The fraction of sp³-hybridized carbons (Fsp3) is 0.683. The van der Waals surface area contributed by atoms with E-state index >= 15 is 0 Å². The fourth-order valence-electron chi connectivity index (χ4n) is 6.87. The van der Waals surface area contributed by atoms with Gasteiger partial charge in [-0.3, -0.25) is 62.7 Å². The minimum atomic E-state index is -1.92. The number of amides is 9. The normalized spacial score (nSPS) is 17.0.